The minimum atomic E-state index is -0.566. The molecule has 2 heterocycles. The predicted octanol–water partition coefficient (Wildman–Crippen LogP) is 3.98. The van der Waals surface area contributed by atoms with Crippen LogP contribution in [0.25, 0.3) is 10.9 Å². The van der Waals surface area contributed by atoms with Crippen LogP contribution in [0.4, 0.5) is 5.69 Å². The number of piperazine rings is 1. The molecule has 1 aromatic heterocycles. The molecule has 0 aliphatic carbocycles. The van der Waals surface area contributed by atoms with Crippen LogP contribution in [0.5, 0.6) is 11.5 Å². The van der Waals surface area contributed by atoms with E-state index in [-0.39, 0.29) is 5.91 Å². The highest BCUT2D eigenvalue weighted by molar-refractivity contribution is 5.91. The molecule has 0 spiro atoms. The first-order chi connectivity index (χ1) is 15.0. The Bertz CT molecular complexity index is 1090. The number of carbonyl (C=O) groups is 1. The summed E-state index contributed by atoms with van der Waals surface area (Å²) in [6.45, 7) is 8.73. The Labute approximate surface area is 183 Å². The molecular formula is C25H29N3O3. The minimum absolute atomic E-state index is 0.00921. The Morgan fingerprint density at radius 1 is 0.968 bits per heavy atom. The molecule has 1 amide bonds. The average Bonchev–Trinajstić information content (AvgIpc) is 2.81. The Hall–Kier alpha value is -3.28. The molecule has 6 heteroatoms. The fraction of sp³-hybridized carbons (Fsp3) is 0.360. The summed E-state index contributed by atoms with van der Waals surface area (Å²) >= 11 is 0. The van der Waals surface area contributed by atoms with Crippen molar-refractivity contribution >= 4 is 22.5 Å². The van der Waals surface area contributed by atoms with Crippen LogP contribution in [0.3, 0.4) is 0 Å². The standard InChI is InChI=1S/C25H29N3O3/c1-17-9-10-18(2)24-23(17)22(11-12-26-24)31-19(3)25(29)28-15-13-27(14-16-28)20-7-5-6-8-21(20)30-4/h5-12,19H,13-16H2,1-4H3/t19-/m1/s1. The molecule has 1 aliphatic heterocycles. The fourth-order valence-electron chi connectivity index (χ4n) is 4.19. The van der Waals surface area contributed by atoms with Gasteiger partial charge in [-0.2, -0.15) is 0 Å². The van der Waals surface area contributed by atoms with Crippen LogP contribution < -0.4 is 14.4 Å². The first-order valence-corrected chi connectivity index (χ1v) is 10.7. The zero-order valence-electron chi connectivity index (χ0n) is 18.6. The maximum absolute atomic E-state index is 13.1. The topological polar surface area (TPSA) is 54.9 Å². The molecule has 6 nitrogen and oxygen atoms in total. The lowest BCUT2D eigenvalue weighted by Crippen LogP contribution is -2.52. The first-order valence-electron chi connectivity index (χ1n) is 10.7. The number of nitrogens with zero attached hydrogens (tertiary/aromatic N) is 3. The van der Waals surface area contributed by atoms with E-state index in [0.717, 1.165) is 46.6 Å². The van der Waals surface area contributed by atoms with Crippen LogP contribution in [0.15, 0.2) is 48.7 Å². The molecule has 31 heavy (non-hydrogen) atoms. The number of aryl methyl sites for hydroxylation is 2. The third kappa shape index (κ3) is 4.15. The van der Waals surface area contributed by atoms with E-state index in [1.54, 1.807) is 13.3 Å². The van der Waals surface area contributed by atoms with Gasteiger partial charge in [0.2, 0.25) is 0 Å². The first kappa shape index (κ1) is 21.0. The number of hydrogen-bond donors (Lipinski definition) is 0. The maximum atomic E-state index is 13.1. The number of anilines is 1. The van der Waals surface area contributed by atoms with Crippen LogP contribution in [0.1, 0.15) is 18.1 Å². The number of carbonyl (C=O) groups excluding carboxylic acids is 1. The van der Waals surface area contributed by atoms with Gasteiger partial charge in [-0.3, -0.25) is 9.78 Å². The number of hydrogen-bond acceptors (Lipinski definition) is 5. The summed E-state index contributed by atoms with van der Waals surface area (Å²) in [7, 11) is 1.68. The van der Waals surface area contributed by atoms with Crippen molar-refractivity contribution in [2.75, 3.05) is 38.2 Å². The normalized spacial score (nSPS) is 15.1. The predicted molar refractivity (Wildman–Crippen MR) is 123 cm³/mol. The van der Waals surface area contributed by atoms with Crippen LogP contribution in [0, 0.1) is 13.8 Å². The maximum Gasteiger partial charge on any atom is 0.263 e. The van der Waals surface area contributed by atoms with Crippen LogP contribution >= 0.6 is 0 Å². The number of aromatic nitrogens is 1. The molecule has 0 N–H and O–H groups in total. The number of ether oxygens (including phenoxy) is 2. The fourth-order valence-corrected chi connectivity index (χ4v) is 4.19. The zero-order chi connectivity index (χ0) is 22.0. The van der Waals surface area contributed by atoms with Gasteiger partial charge >= 0.3 is 0 Å². The Kier molecular flexibility index (Phi) is 5.98. The summed E-state index contributed by atoms with van der Waals surface area (Å²) in [5.74, 6) is 1.57. The summed E-state index contributed by atoms with van der Waals surface area (Å²) in [5.41, 5.74) is 4.17. The van der Waals surface area contributed by atoms with Gasteiger partial charge in [0.25, 0.3) is 5.91 Å². The highest BCUT2D eigenvalue weighted by Gasteiger charge is 2.27. The smallest absolute Gasteiger partial charge is 0.263 e. The van der Waals surface area contributed by atoms with Crippen LogP contribution in [-0.4, -0.2) is 55.2 Å². The summed E-state index contributed by atoms with van der Waals surface area (Å²) in [6.07, 6.45) is 1.18. The van der Waals surface area contributed by atoms with Gasteiger partial charge in [0.15, 0.2) is 6.10 Å². The molecule has 1 saturated heterocycles. The van der Waals surface area contributed by atoms with Gasteiger partial charge in [-0.1, -0.05) is 24.3 Å². The quantitative estimate of drug-likeness (QED) is 0.626. The molecule has 162 valence electrons. The van der Waals surface area contributed by atoms with Crippen LogP contribution in [-0.2, 0) is 4.79 Å². The van der Waals surface area contributed by atoms with Gasteiger partial charge in [0.1, 0.15) is 11.5 Å². The van der Waals surface area contributed by atoms with Gasteiger partial charge in [-0.25, -0.2) is 0 Å². The molecule has 0 unspecified atom stereocenters. The number of pyridine rings is 1. The van der Waals surface area contributed by atoms with Crippen molar-refractivity contribution in [2.45, 2.75) is 26.9 Å². The molecule has 1 fully saturated rings. The lowest BCUT2D eigenvalue weighted by molar-refractivity contribution is -0.138. The van der Waals surface area contributed by atoms with E-state index in [1.807, 2.05) is 49.9 Å². The Balaban J connectivity index is 1.44. The molecule has 2 aromatic carbocycles. The van der Waals surface area contributed by atoms with Crippen molar-refractivity contribution in [3.05, 3.63) is 59.8 Å². The average molecular weight is 420 g/mol. The summed E-state index contributed by atoms with van der Waals surface area (Å²) in [6, 6.07) is 14.0. The van der Waals surface area contributed by atoms with Gasteiger partial charge in [-0.05, 0) is 50.1 Å². The monoisotopic (exact) mass is 419 g/mol. The summed E-state index contributed by atoms with van der Waals surface area (Å²) < 4.78 is 11.6. The minimum Gasteiger partial charge on any atom is -0.495 e. The molecule has 0 radical (unpaired) electrons. The van der Waals surface area contributed by atoms with Gasteiger partial charge < -0.3 is 19.3 Å². The van der Waals surface area contributed by atoms with E-state index in [0.29, 0.717) is 18.8 Å². The second-order valence-electron chi connectivity index (χ2n) is 7.98. The zero-order valence-corrected chi connectivity index (χ0v) is 18.6. The number of fused-ring (bicyclic) bond motifs is 1. The van der Waals surface area contributed by atoms with E-state index in [4.69, 9.17) is 9.47 Å². The van der Waals surface area contributed by atoms with E-state index in [9.17, 15) is 4.79 Å². The Morgan fingerprint density at radius 2 is 1.68 bits per heavy atom. The SMILES string of the molecule is COc1ccccc1N1CCN(C(=O)[C@@H](C)Oc2ccnc3c(C)ccc(C)c23)CC1. The van der Waals surface area contributed by atoms with Crippen molar-refractivity contribution in [3.8, 4) is 11.5 Å². The second kappa shape index (κ2) is 8.84. The van der Waals surface area contributed by atoms with Crippen molar-refractivity contribution in [1.29, 1.82) is 0 Å². The summed E-state index contributed by atoms with van der Waals surface area (Å²) in [5, 5.41) is 0.975. The number of methoxy groups -OCH3 is 1. The Morgan fingerprint density at radius 3 is 2.42 bits per heavy atom. The highest BCUT2D eigenvalue weighted by Crippen LogP contribution is 2.31. The highest BCUT2D eigenvalue weighted by atomic mass is 16.5. The van der Waals surface area contributed by atoms with E-state index in [1.165, 1.54) is 0 Å². The molecule has 1 aliphatic rings. The number of rotatable bonds is 5. The van der Waals surface area contributed by atoms with Crippen molar-refractivity contribution in [1.82, 2.24) is 9.88 Å². The lowest BCUT2D eigenvalue weighted by atomic mass is 10.0. The van der Waals surface area contributed by atoms with Gasteiger partial charge in [-0.15, -0.1) is 0 Å². The molecule has 0 bridgehead atoms. The third-order valence-corrected chi connectivity index (χ3v) is 5.93. The van der Waals surface area contributed by atoms with Crippen LogP contribution in [0.2, 0.25) is 0 Å². The summed E-state index contributed by atoms with van der Waals surface area (Å²) in [4.78, 5) is 21.8. The molecule has 3 aromatic rings. The largest absolute Gasteiger partial charge is 0.495 e. The van der Waals surface area contributed by atoms with Gasteiger partial charge in [0.05, 0.1) is 18.3 Å². The molecule has 4 rings (SSSR count). The number of para-hydroxylation sites is 2. The van der Waals surface area contributed by atoms with Gasteiger partial charge in [0, 0.05) is 37.8 Å². The van der Waals surface area contributed by atoms with E-state index >= 15 is 0 Å². The molecular weight excluding hydrogens is 390 g/mol. The van der Waals surface area contributed by atoms with E-state index < -0.39 is 6.10 Å². The van der Waals surface area contributed by atoms with Crippen molar-refractivity contribution in [2.24, 2.45) is 0 Å². The second-order valence-corrected chi connectivity index (χ2v) is 7.98. The van der Waals surface area contributed by atoms with E-state index in [2.05, 4.69) is 28.1 Å². The van der Waals surface area contributed by atoms with Crippen molar-refractivity contribution < 1.29 is 14.3 Å². The third-order valence-electron chi connectivity index (χ3n) is 5.93. The lowest BCUT2D eigenvalue weighted by Gasteiger charge is -2.37. The van der Waals surface area contributed by atoms with Crippen molar-refractivity contribution in [3.63, 3.8) is 0 Å². The molecule has 0 saturated carbocycles. The number of amides is 1. The number of benzene rings is 2. The molecule has 1 atom stereocenters.